The monoisotopic (exact) mass is 239 g/mol. The molecular formula is C13H18ClNO. The Morgan fingerprint density at radius 1 is 1.31 bits per heavy atom. The number of halogens is 1. The molecule has 0 atom stereocenters. The summed E-state index contributed by atoms with van der Waals surface area (Å²) in [5, 5.41) is 0.700. The Bertz CT molecular complexity index is 328. The molecule has 0 unspecified atom stereocenters. The minimum atomic E-state index is 0.530. The Balaban J connectivity index is 1.84. The molecule has 0 aromatic heterocycles. The molecule has 2 rings (SSSR count). The first-order valence-corrected chi connectivity index (χ1v) is 6.26. The number of rotatable bonds is 4. The molecule has 1 aliphatic carbocycles. The highest BCUT2D eigenvalue weighted by atomic mass is 35.5. The molecule has 0 saturated heterocycles. The average molecular weight is 240 g/mol. The lowest BCUT2D eigenvalue weighted by molar-refractivity contribution is 0.0893. The van der Waals surface area contributed by atoms with Crippen molar-refractivity contribution in [3.63, 3.8) is 0 Å². The second-order valence-electron chi connectivity index (χ2n) is 4.47. The fourth-order valence-electron chi connectivity index (χ4n) is 2.23. The molecule has 0 amide bonds. The molecule has 1 saturated carbocycles. The Hall–Kier alpha value is -0.730. The number of anilines is 1. The molecule has 0 aliphatic heterocycles. The van der Waals surface area contributed by atoms with Gasteiger partial charge in [0.15, 0.2) is 0 Å². The summed E-state index contributed by atoms with van der Waals surface area (Å²) >= 11 is 6.06. The predicted octanol–water partition coefficient (Wildman–Crippen LogP) is 3.63. The highest BCUT2D eigenvalue weighted by Crippen LogP contribution is 2.26. The van der Waals surface area contributed by atoms with E-state index in [1.165, 1.54) is 25.7 Å². The van der Waals surface area contributed by atoms with Crippen LogP contribution in [-0.2, 0) is 11.3 Å². The van der Waals surface area contributed by atoms with Gasteiger partial charge in [-0.15, -0.1) is 0 Å². The lowest BCUT2D eigenvalue weighted by Crippen LogP contribution is -2.06. The SMILES string of the molecule is Nc1cccc(Cl)c1COCC1CCCC1. The molecular weight excluding hydrogens is 222 g/mol. The quantitative estimate of drug-likeness (QED) is 0.815. The average Bonchev–Trinajstić information content (AvgIpc) is 2.75. The normalized spacial score (nSPS) is 16.8. The molecule has 16 heavy (non-hydrogen) atoms. The third-order valence-electron chi connectivity index (χ3n) is 3.23. The van der Waals surface area contributed by atoms with Crippen molar-refractivity contribution < 1.29 is 4.74 Å². The molecule has 1 aromatic carbocycles. The molecule has 0 spiro atoms. The van der Waals surface area contributed by atoms with Gasteiger partial charge in [-0.1, -0.05) is 30.5 Å². The largest absolute Gasteiger partial charge is 0.398 e. The molecule has 1 aliphatic rings. The van der Waals surface area contributed by atoms with Crippen molar-refractivity contribution in [1.82, 2.24) is 0 Å². The van der Waals surface area contributed by atoms with Crippen molar-refractivity contribution in [2.75, 3.05) is 12.3 Å². The number of hydrogen-bond donors (Lipinski definition) is 1. The summed E-state index contributed by atoms with van der Waals surface area (Å²) in [6.07, 6.45) is 5.31. The summed E-state index contributed by atoms with van der Waals surface area (Å²) in [4.78, 5) is 0. The fourth-order valence-corrected chi connectivity index (χ4v) is 2.47. The molecule has 1 aromatic rings. The van der Waals surface area contributed by atoms with Gasteiger partial charge in [-0.05, 0) is 30.9 Å². The van der Waals surface area contributed by atoms with Crippen molar-refractivity contribution in [1.29, 1.82) is 0 Å². The van der Waals surface area contributed by atoms with Gasteiger partial charge in [-0.3, -0.25) is 0 Å². The van der Waals surface area contributed by atoms with Gasteiger partial charge >= 0.3 is 0 Å². The van der Waals surface area contributed by atoms with Crippen LogP contribution in [0.4, 0.5) is 5.69 Å². The van der Waals surface area contributed by atoms with Crippen molar-refractivity contribution >= 4 is 17.3 Å². The Morgan fingerprint density at radius 3 is 2.75 bits per heavy atom. The third-order valence-corrected chi connectivity index (χ3v) is 3.58. The molecule has 0 bridgehead atoms. The Kier molecular flexibility index (Phi) is 4.08. The van der Waals surface area contributed by atoms with E-state index in [9.17, 15) is 0 Å². The zero-order valence-corrected chi connectivity index (χ0v) is 10.2. The lowest BCUT2D eigenvalue weighted by atomic mass is 10.1. The zero-order chi connectivity index (χ0) is 11.4. The highest BCUT2D eigenvalue weighted by molar-refractivity contribution is 6.31. The first kappa shape index (κ1) is 11.7. The van der Waals surface area contributed by atoms with Crippen LogP contribution in [0.2, 0.25) is 5.02 Å². The molecule has 0 heterocycles. The summed E-state index contributed by atoms with van der Waals surface area (Å²) in [6, 6.07) is 5.57. The van der Waals surface area contributed by atoms with Gasteiger partial charge in [0.1, 0.15) is 0 Å². The molecule has 1 fully saturated rings. The number of hydrogen-bond acceptors (Lipinski definition) is 2. The first-order valence-electron chi connectivity index (χ1n) is 5.88. The molecule has 88 valence electrons. The van der Waals surface area contributed by atoms with Gasteiger partial charge in [0.2, 0.25) is 0 Å². The lowest BCUT2D eigenvalue weighted by Gasteiger charge is -2.12. The van der Waals surface area contributed by atoms with E-state index in [-0.39, 0.29) is 0 Å². The minimum Gasteiger partial charge on any atom is -0.398 e. The summed E-state index contributed by atoms with van der Waals surface area (Å²) in [6.45, 7) is 1.37. The molecule has 2 N–H and O–H groups in total. The van der Waals surface area contributed by atoms with Crippen molar-refractivity contribution in [2.45, 2.75) is 32.3 Å². The van der Waals surface area contributed by atoms with Crippen LogP contribution in [0.3, 0.4) is 0 Å². The van der Waals surface area contributed by atoms with Crippen LogP contribution in [0.25, 0.3) is 0 Å². The smallest absolute Gasteiger partial charge is 0.0751 e. The van der Waals surface area contributed by atoms with E-state index in [1.807, 2.05) is 18.2 Å². The number of nitrogens with two attached hydrogens (primary N) is 1. The second kappa shape index (κ2) is 5.55. The van der Waals surface area contributed by atoms with E-state index < -0.39 is 0 Å². The summed E-state index contributed by atoms with van der Waals surface area (Å²) in [7, 11) is 0. The molecule has 2 nitrogen and oxygen atoms in total. The number of benzene rings is 1. The van der Waals surface area contributed by atoms with Crippen LogP contribution >= 0.6 is 11.6 Å². The van der Waals surface area contributed by atoms with E-state index in [2.05, 4.69) is 0 Å². The van der Waals surface area contributed by atoms with Crippen LogP contribution in [0, 0.1) is 5.92 Å². The van der Waals surface area contributed by atoms with Gasteiger partial charge in [0, 0.05) is 22.9 Å². The third kappa shape index (κ3) is 2.89. The van der Waals surface area contributed by atoms with E-state index in [4.69, 9.17) is 22.1 Å². The van der Waals surface area contributed by atoms with Crippen LogP contribution in [0.5, 0.6) is 0 Å². The molecule has 3 heteroatoms. The van der Waals surface area contributed by atoms with Crippen molar-refractivity contribution in [3.8, 4) is 0 Å². The van der Waals surface area contributed by atoms with Gasteiger partial charge in [0.05, 0.1) is 6.61 Å². The van der Waals surface area contributed by atoms with Crippen LogP contribution < -0.4 is 5.73 Å². The predicted molar refractivity (Wildman–Crippen MR) is 67.5 cm³/mol. The van der Waals surface area contributed by atoms with E-state index in [0.717, 1.165) is 23.8 Å². The minimum absolute atomic E-state index is 0.530. The highest BCUT2D eigenvalue weighted by Gasteiger charge is 2.15. The Morgan fingerprint density at radius 2 is 2.06 bits per heavy atom. The van der Waals surface area contributed by atoms with Gasteiger partial charge < -0.3 is 10.5 Å². The van der Waals surface area contributed by atoms with Crippen molar-refractivity contribution in [2.24, 2.45) is 5.92 Å². The molecule has 0 radical (unpaired) electrons. The maximum absolute atomic E-state index is 6.06. The maximum atomic E-state index is 6.06. The van der Waals surface area contributed by atoms with Crippen LogP contribution in [-0.4, -0.2) is 6.61 Å². The van der Waals surface area contributed by atoms with Gasteiger partial charge in [-0.25, -0.2) is 0 Å². The van der Waals surface area contributed by atoms with E-state index in [0.29, 0.717) is 11.6 Å². The first-order chi connectivity index (χ1) is 7.77. The van der Waals surface area contributed by atoms with Gasteiger partial charge in [-0.2, -0.15) is 0 Å². The zero-order valence-electron chi connectivity index (χ0n) is 9.42. The van der Waals surface area contributed by atoms with Crippen LogP contribution in [0.1, 0.15) is 31.2 Å². The maximum Gasteiger partial charge on any atom is 0.0751 e. The number of nitrogen functional groups attached to an aromatic ring is 1. The fraction of sp³-hybridized carbons (Fsp3) is 0.538. The summed E-state index contributed by atoms with van der Waals surface area (Å²) < 4.78 is 5.70. The van der Waals surface area contributed by atoms with E-state index >= 15 is 0 Å². The topological polar surface area (TPSA) is 35.2 Å². The second-order valence-corrected chi connectivity index (χ2v) is 4.88. The standard InChI is InChI=1S/C13H18ClNO/c14-12-6-3-7-13(15)11(12)9-16-8-10-4-1-2-5-10/h3,6-7,10H,1-2,4-5,8-9,15H2. The number of ether oxygens (including phenoxy) is 1. The van der Waals surface area contributed by atoms with Crippen molar-refractivity contribution in [3.05, 3.63) is 28.8 Å². The summed E-state index contributed by atoms with van der Waals surface area (Å²) in [5.74, 6) is 0.740. The van der Waals surface area contributed by atoms with Crippen LogP contribution in [0.15, 0.2) is 18.2 Å². The summed E-state index contributed by atoms with van der Waals surface area (Å²) in [5.41, 5.74) is 7.49. The van der Waals surface area contributed by atoms with Gasteiger partial charge in [0.25, 0.3) is 0 Å². The Labute approximate surface area is 102 Å². The van der Waals surface area contributed by atoms with E-state index in [1.54, 1.807) is 0 Å².